The highest BCUT2D eigenvalue weighted by Gasteiger charge is 1.99. The Morgan fingerprint density at radius 2 is 2.27 bits per heavy atom. The van der Waals surface area contributed by atoms with Crippen LogP contribution in [-0.2, 0) is 0 Å². The van der Waals surface area contributed by atoms with E-state index in [1.807, 2.05) is 29.5 Å². The second kappa shape index (κ2) is 2.24. The van der Waals surface area contributed by atoms with Gasteiger partial charge in [-0.3, -0.25) is 4.40 Å². The summed E-state index contributed by atoms with van der Waals surface area (Å²) in [7, 11) is 0. The smallest absolute Gasteiger partial charge is 0.114 e. The number of imidazole rings is 1. The van der Waals surface area contributed by atoms with E-state index >= 15 is 0 Å². The average molecular weight is 167 g/mol. The second-order valence-corrected chi connectivity index (χ2v) is 2.80. The second-order valence-electron chi connectivity index (χ2n) is 2.41. The summed E-state index contributed by atoms with van der Waals surface area (Å²) in [5, 5.41) is 0.706. The zero-order valence-electron chi connectivity index (χ0n) is 6.08. The fourth-order valence-electron chi connectivity index (χ4n) is 1.16. The summed E-state index contributed by atoms with van der Waals surface area (Å²) in [6, 6.07) is 5.74. The van der Waals surface area contributed by atoms with Crippen molar-refractivity contribution < 1.29 is 0 Å². The Labute approximate surface area is 69.4 Å². The van der Waals surface area contributed by atoms with Gasteiger partial charge in [-0.25, -0.2) is 4.98 Å². The molecule has 0 fully saturated rings. The highest BCUT2D eigenvalue weighted by molar-refractivity contribution is 6.29. The van der Waals surface area contributed by atoms with Gasteiger partial charge in [0.1, 0.15) is 11.0 Å². The lowest BCUT2D eigenvalue weighted by Gasteiger charge is -1.97. The molecule has 2 aromatic heterocycles. The molecule has 0 radical (unpaired) electrons. The molecule has 2 heterocycles. The summed E-state index contributed by atoms with van der Waals surface area (Å²) < 4.78 is 1.90. The molecule has 0 aliphatic rings. The average Bonchev–Trinajstić information content (AvgIpc) is 2.34. The van der Waals surface area contributed by atoms with Crippen LogP contribution in [0.1, 0.15) is 5.82 Å². The fourth-order valence-corrected chi connectivity index (χ4v) is 1.45. The van der Waals surface area contributed by atoms with E-state index in [9.17, 15) is 0 Å². The molecule has 2 rings (SSSR count). The Balaban J connectivity index is 2.96. The summed E-state index contributed by atoms with van der Waals surface area (Å²) in [5.74, 6) is 0.922. The molecule has 11 heavy (non-hydrogen) atoms. The van der Waals surface area contributed by atoms with Crippen LogP contribution in [0.2, 0.25) is 5.15 Å². The third-order valence-electron chi connectivity index (χ3n) is 1.68. The van der Waals surface area contributed by atoms with Gasteiger partial charge in [0.25, 0.3) is 0 Å². The summed E-state index contributed by atoms with van der Waals surface area (Å²) in [4.78, 5) is 4.14. The molecule has 0 amide bonds. The lowest BCUT2D eigenvalue weighted by Crippen LogP contribution is -1.88. The van der Waals surface area contributed by atoms with E-state index < -0.39 is 0 Å². The zero-order chi connectivity index (χ0) is 7.84. The van der Waals surface area contributed by atoms with Gasteiger partial charge >= 0.3 is 0 Å². The van der Waals surface area contributed by atoms with Crippen molar-refractivity contribution in [2.24, 2.45) is 0 Å². The molecule has 0 N–H and O–H groups in total. The van der Waals surface area contributed by atoms with Crippen molar-refractivity contribution in [3.63, 3.8) is 0 Å². The SMILES string of the molecule is Cc1ncc2cccc(Cl)n12. The molecule has 0 aliphatic heterocycles. The minimum absolute atomic E-state index is 0.706. The summed E-state index contributed by atoms with van der Waals surface area (Å²) in [5.41, 5.74) is 1.04. The van der Waals surface area contributed by atoms with E-state index in [4.69, 9.17) is 11.6 Å². The van der Waals surface area contributed by atoms with E-state index in [1.165, 1.54) is 0 Å². The van der Waals surface area contributed by atoms with Crippen molar-refractivity contribution in [1.82, 2.24) is 9.38 Å². The lowest BCUT2D eigenvalue weighted by molar-refractivity contribution is 1.04. The summed E-state index contributed by atoms with van der Waals surface area (Å²) in [6.45, 7) is 1.93. The molecule has 0 unspecified atom stereocenters. The number of hydrogen-bond acceptors (Lipinski definition) is 1. The van der Waals surface area contributed by atoms with Gasteiger partial charge in [-0.1, -0.05) is 17.7 Å². The van der Waals surface area contributed by atoms with Gasteiger partial charge < -0.3 is 0 Å². The molecule has 56 valence electrons. The van der Waals surface area contributed by atoms with Crippen molar-refractivity contribution in [3.8, 4) is 0 Å². The highest BCUT2D eigenvalue weighted by atomic mass is 35.5. The van der Waals surface area contributed by atoms with Crippen LogP contribution in [0.5, 0.6) is 0 Å². The van der Waals surface area contributed by atoms with Gasteiger partial charge in [0.15, 0.2) is 0 Å². The largest absolute Gasteiger partial charge is 0.287 e. The van der Waals surface area contributed by atoms with Gasteiger partial charge in [0, 0.05) is 0 Å². The molecule has 2 nitrogen and oxygen atoms in total. The van der Waals surface area contributed by atoms with Gasteiger partial charge in [0.2, 0.25) is 0 Å². The standard InChI is InChI=1S/C8H7ClN2/c1-6-10-5-7-3-2-4-8(9)11(6)7/h2-5H,1H3. The molecular weight excluding hydrogens is 160 g/mol. The van der Waals surface area contributed by atoms with Gasteiger partial charge in [0.05, 0.1) is 11.7 Å². The predicted octanol–water partition coefficient (Wildman–Crippen LogP) is 2.30. The first-order chi connectivity index (χ1) is 5.29. The normalized spacial score (nSPS) is 10.7. The number of fused-ring (bicyclic) bond motifs is 1. The Hall–Kier alpha value is -1.02. The molecule has 2 aromatic rings. The van der Waals surface area contributed by atoms with Crippen LogP contribution in [-0.4, -0.2) is 9.38 Å². The molecular formula is C8H7ClN2. The number of halogens is 1. The molecule has 0 aromatic carbocycles. The monoisotopic (exact) mass is 166 g/mol. The van der Waals surface area contributed by atoms with Crippen molar-refractivity contribution in [2.75, 3.05) is 0 Å². The minimum atomic E-state index is 0.706. The number of nitrogens with zero attached hydrogens (tertiary/aromatic N) is 2. The zero-order valence-corrected chi connectivity index (χ0v) is 6.84. The minimum Gasteiger partial charge on any atom is -0.287 e. The van der Waals surface area contributed by atoms with Crippen LogP contribution in [0.3, 0.4) is 0 Å². The quantitative estimate of drug-likeness (QED) is 0.549. The molecule has 0 aliphatic carbocycles. The Morgan fingerprint density at radius 3 is 3.00 bits per heavy atom. The van der Waals surface area contributed by atoms with Crippen LogP contribution in [0.15, 0.2) is 24.4 Å². The van der Waals surface area contributed by atoms with Crippen molar-refractivity contribution in [3.05, 3.63) is 35.4 Å². The molecule has 0 saturated carbocycles. The van der Waals surface area contributed by atoms with Crippen LogP contribution in [0.4, 0.5) is 0 Å². The number of hydrogen-bond donors (Lipinski definition) is 0. The maximum Gasteiger partial charge on any atom is 0.114 e. The molecule has 0 saturated heterocycles. The van der Waals surface area contributed by atoms with Crippen LogP contribution >= 0.6 is 11.6 Å². The first-order valence-corrected chi connectivity index (χ1v) is 3.75. The maximum absolute atomic E-state index is 5.93. The summed E-state index contributed by atoms with van der Waals surface area (Å²) >= 11 is 5.93. The van der Waals surface area contributed by atoms with Gasteiger partial charge in [-0.05, 0) is 19.1 Å². The van der Waals surface area contributed by atoms with Gasteiger partial charge in [-0.15, -0.1) is 0 Å². The first kappa shape index (κ1) is 6.68. The van der Waals surface area contributed by atoms with E-state index in [-0.39, 0.29) is 0 Å². The first-order valence-electron chi connectivity index (χ1n) is 3.37. The highest BCUT2D eigenvalue weighted by Crippen LogP contribution is 2.13. The number of rotatable bonds is 0. The van der Waals surface area contributed by atoms with Crippen molar-refractivity contribution >= 4 is 17.1 Å². The molecule has 0 bridgehead atoms. The molecule has 0 spiro atoms. The van der Waals surface area contributed by atoms with Crippen LogP contribution < -0.4 is 0 Å². The maximum atomic E-state index is 5.93. The molecule has 0 atom stereocenters. The third-order valence-corrected chi connectivity index (χ3v) is 1.97. The fraction of sp³-hybridized carbons (Fsp3) is 0.125. The van der Waals surface area contributed by atoms with Crippen LogP contribution in [0.25, 0.3) is 5.52 Å². The Bertz CT molecular complexity index is 392. The Kier molecular flexibility index (Phi) is 1.36. The van der Waals surface area contributed by atoms with E-state index in [0.29, 0.717) is 5.15 Å². The van der Waals surface area contributed by atoms with Crippen molar-refractivity contribution in [1.29, 1.82) is 0 Å². The van der Waals surface area contributed by atoms with Crippen molar-refractivity contribution in [2.45, 2.75) is 6.92 Å². The predicted molar refractivity (Wildman–Crippen MR) is 44.9 cm³/mol. The number of pyridine rings is 1. The third kappa shape index (κ3) is 0.906. The number of aromatic nitrogens is 2. The Morgan fingerprint density at radius 1 is 1.45 bits per heavy atom. The van der Waals surface area contributed by atoms with E-state index in [2.05, 4.69) is 4.98 Å². The van der Waals surface area contributed by atoms with Gasteiger partial charge in [-0.2, -0.15) is 0 Å². The molecule has 3 heteroatoms. The topological polar surface area (TPSA) is 17.3 Å². The number of aryl methyl sites for hydroxylation is 1. The van der Waals surface area contributed by atoms with E-state index in [1.54, 1.807) is 6.20 Å². The van der Waals surface area contributed by atoms with Crippen LogP contribution in [0, 0.1) is 6.92 Å². The summed E-state index contributed by atoms with van der Waals surface area (Å²) in [6.07, 6.45) is 1.81. The lowest BCUT2D eigenvalue weighted by atomic mass is 10.4. The van der Waals surface area contributed by atoms with E-state index in [0.717, 1.165) is 11.3 Å².